The molecule has 1 heteroatoms. The molecule has 2 unspecified atom stereocenters. The molecule has 1 aliphatic heterocycles. The lowest BCUT2D eigenvalue weighted by Crippen LogP contribution is -2.17. The van der Waals surface area contributed by atoms with Crippen molar-refractivity contribution in [3.05, 3.63) is 0 Å². The zero-order valence-electron chi connectivity index (χ0n) is 10.4. The van der Waals surface area contributed by atoms with Crippen LogP contribution in [0.5, 0.6) is 0 Å². The van der Waals surface area contributed by atoms with E-state index in [1.54, 1.807) is 0 Å². The normalized spacial score (nSPS) is 37.6. The van der Waals surface area contributed by atoms with Crippen LogP contribution >= 0.6 is 0 Å². The second-order valence-electron chi connectivity index (χ2n) is 5.83. The summed E-state index contributed by atoms with van der Waals surface area (Å²) in [5, 5.41) is 0. The topological polar surface area (TPSA) is 12.5 Å². The van der Waals surface area contributed by atoms with Gasteiger partial charge in [0, 0.05) is 0 Å². The predicted octanol–water partition coefficient (Wildman–Crippen LogP) is 4.02. The molecular weight excluding hydrogens is 184 g/mol. The highest BCUT2D eigenvalue weighted by atomic mass is 16.6. The summed E-state index contributed by atoms with van der Waals surface area (Å²) in [5.74, 6) is 2.97. The van der Waals surface area contributed by atoms with Crippen LogP contribution in [-0.4, -0.2) is 12.7 Å². The van der Waals surface area contributed by atoms with Gasteiger partial charge in [0.05, 0.1) is 12.7 Å². The van der Waals surface area contributed by atoms with E-state index < -0.39 is 0 Å². The first-order valence-electron chi connectivity index (χ1n) is 6.89. The fraction of sp³-hybridized carbons (Fsp3) is 1.00. The zero-order chi connectivity index (χ0) is 10.7. The summed E-state index contributed by atoms with van der Waals surface area (Å²) < 4.78 is 5.32. The van der Waals surface area contributed by atoms with E-state index in [1.807, 2.05) is 0 Å². The van der Waals surface area contributed by atoms with Crippen molar-refractivity contribution in [3.8, 4) is 0 Å². The van der Waals surface area contributed by atoms with Crippen LogP contribution in [0.15, 0.2) is 0 Å². The molecule has 0 spiro atoms. The standard InChI is InChI=1S/C14H26O/c1-3-11(2)8-12-4-6-13(7-5-12)9-14-10-15-14/h11-14H,3-10H2,1-2H3. The lowest BCUT2D eigenvalue weighted by molar-refractivity contribution is 0.218. The van der Waals surface area contributed by atoms with Crippen molar-refractivity contribution in [3.63, 3.8) is 0 Å². The molecule has 2 atom stereocenters. The first-order valence-corrected chi connectivity index (χ1v) is 6.89. The molecule has 1 saturated carbocycles. The number of hydrogen-bond donors (Lipinski definition) is 0. The molecule has 0 bridgehead atoms. The Bertz CT molecular complexity index is 178. The zero-order valence-corrected chi connectivity index (χ0v) is 10.4. The minimum atomic E-state index is 0.654. The van der Waals surface area contributed by atoms with Gasteiger partial charge < -0.3 is 4.74 Å². The maximum atomic E-state index is 5.32. The van der Waals surface area contributed by atoms with Crippen molar-refractivity contribution >= 4 is 0 Å². The SMILES string of the molecule is CCC(C)CC1CCC(CC2CO2)CC1. The third kappa shape index (κ3) is 3.79. The van der Waals surface area contributed by atoms with Crippen LogP contribution in [0.2, 0.25) is 0 Å². The van der Waals surface area contributed by atoms with Crippen LogP contribution in [0.1, 0.15) is 58.8 Å². The van der Waals surface area contributed by atoms with Gasteiger partial charge >= 0.3 is 0 Å². The van der Waals surface area contributed by atoms with Gasteiger partial charge in [0.2, 0.25) is 0 Å². The average molecular weight is 210 g/mol. The summed E-state index contributed by atoms with van der Waals surface area (Å²) in [6.45, 7) is 5.78. The van der Waals surface area contributed by atoms with Crippen LogP contribution in [0.25, 0.3) is 0 Å². The van der Waals surface area contributed by atoms with Crippen molar-refractivity contribution in [2.45, 2.75) is 64.9 Å². The molecular formula is C14H26O. The number of epoxide rings is 1. The molecule has 1 saturated heterocycles. The van der Waals surface area contributed by atoms with Crippen LogP contribution < -0.4 is 0 Å². The molecule has 0 aromatic heterocycles. The summed E-state index contributed by atoms with van der Waals surface area (Å²) in [6.07, 6.45) is 10.8. The van der Waals surface area contributed by atoms with E-state index in [4.69, 9.17) is 4.74 Å². The van der Waals surface area contributed by atoms with Gasteiger partial charge in [-0.3, -0.25) is 0 Å². The summed E-state index contributed by atoms with van der Waals surface area (Å²) in [4.78, 5) is 0. The summed E-state index contributed by atoms with van der Waals surface area (Å²) in [7, 11) is 0. The molecule has 1 aliphatic carbocycles. The largest absolute Gasteiger partial charge is 0.373 e. The predicted molar refractivity (Wildman–Crippen MR) is 63.9 cm³/mol. The molecule has 0 amide bonds. The van der Waals surface area contributed by atoms with E-state index in [-0.39, 0.29) is 0 Å². The second kappa shape index (κ2) is 5.34. The highest BCUT2D eigenvalue weighted by Gasteiger charge is 2.29. The summed E-state index contributed by atoms with van der Waals surface area (Å²) in [6, 6.07) is 0. The van der Waals surface area contributed by atoms with Gasteiger partial charge in [-0.15, -0.1) is 0 Å². The monoisotopic (exact) mass is 210 g/mol. The van der Waals surface area contributed by atoms with Crippen LogP contribution in [0.4, 0.5) is 0 Å². The van der Waals surface area contributed by atoms with E-state index in [1.165, 1.54) is 44.9 Å². The van der Waals surface area contributed by atoms with Gasteiger partial charge in [-0.25, -0.2) is 0 Å². The third-order valence-electron chi connectivity index (χ3n) is 4.40. The molecule has 0 aromatic rings. The molecule has 2 aliphatic rings. The maximum absolute atomic E-state index is 5.32. The van der Waals surface area contributed by atoms with Gasteiger partial charge in [-0.1, -0.05) is 46.0 Å². The van der Waals surface area contributed by atoms with Crippen molar-refractivity contribution in [1.82, 2.24) is 0 Å². The van der Waals surface area contributed by atoms with E-state index >= 15 is 0 Å². The van der Waals surface area contributed by atoms with Crippen molar-refractivity contribution in [2.24, 2.45) is 17.8 Å². The van der Waals surface area contributed by atoms with E-state index in [9.17, 15) is 0 Å². The molecule has 1 nitrogen and oxygen atoms in total. The Morgan fingerprint density at radius 2 is 1.73 bits per heavy atom. The number of ether oxygens (including phenoxy) is 1. The Hall–Kier alpha value is -0.0400. The molecule has 2 fully saturated rings. The van der Waals surface area contributed by atoms with E-state index in [2.05, 4.69) is 13.8 Å². The van der Waals surface area contributed by atoms with Crippen LogP contribution in [-0.2, 0) is 4.74 Å². The van der Waals surface area contributed by atoms with Crippen molar-refractivity contribution < 1.29 is 4.74 Å². The van der Waals surface area contributed by atoms with Gasteiger partial charge in [0.1, 0.15) is 0 Å². The highest BCUT2D eigenvalue weighted by Crippen LogP contribution is 2.36. The Morgan fingerprint density at radius 3 is 2.27 bits per heavy atom. The van der Waals surface area contributed by atoms with Crippen LogP contribution in [0, 0.1) is 17.8 Å². The molecule has 0 aromatic carbocycles. The second-order valence-corrected chi connectivity index (χ2v) is 5.83. The van der Waals surface area contributed by atoms with E-state index in [0.29, 0.717) is 6.10 Å². The van der Waals surface area contributed by atoms with Crippen LogP contribution in [0.3, 0.4) is 0 Å². The Kier molecular flexibility index (Phi) is 4.07. The van der Waals surface area contributed by atoms with Crippen molar-refractivity contribution in [2.75, 3.05) is 6.61 Å². The van der Waals surface area contributed by atoms with Gasteiger partial charge in [0.15, 0.2) is 0 Å². The molecule has 88 valence electrons. The molecule has 2 rings (SSSR count). The lowest BCUT2D eigenvalue weighted by atomic mass is 9.76. The Morgan fingerprint density at radius 1 is 1.13 bits per heavy atom. The molecule has 0 N–H and O–H groups in total. The molecule has 15 heavy (non-hydrogen) atoms. The van der Waals surface area contributed by atoms with E-state index in [0.717, 1.165) is 24.4 Å². The lowest BCUT2D eigenvalue weighted by Gasteiger charge is -2.29. The summed E-state index contributed by atoms with van der Waals surface area (Å²) >= 11 is 0. The highest BCUT2D eigenvalue weighted by molar-refractivity contribution is 4.79. The fourth-order valence-corrected chi connectivity index (χ4v) is 3.01. The third-order valence-corrected chi connectivity index (χ3v) is 4.40. The minimum absolute atomic E-state index is 0.654. The van der Waals surface area contributed by atoms with Gasteiger partial charge in [-0.05, 0) is 30.6 Å². The first-order chi connectivity index (χ1) is 7.28. The molecule has 0 radical (unpaired) electrons. The number of rotatable bonds is 5. The number of hydrogen-bond acceptors (Lipinski definition) is 1. The van der Waals surface area contributed by atoms with Gasteiger partial charge in [0.25, 0.3) is 0 Å². The minimum Gasteiger partial charge on any atom is -0.373 e. The quantitative estimate of drug-likeness (QED) is 0.624. The first kappa shape index (κ1) is 11.4. The Labute approximate surface area is 94.6 Å². The van der Waals surface area contributed by atoms with Gasteiger partial charge in [-0.2, -0.15) is 0 Å². The molecule has 1 heterocycles. The average Bonchev–Trinajstić information content (AvgIpc) is 3.05. The summed E-state index contributed by atoms with van der Waals surface area (Å²) in [5.41, 5.74) is 0. The fourth-order valence-electron chi connectivity index (χ4n) is 3.01. The Balaban J connectivity index is 1.62. The van der Waals surface area contributed by atoms with Crippen molar-refractivity contribution in [1.29, 1.82) is 0 Å². The smallest absolute Gasteiger partial charge is 0.0812 e. The maximum Gasteiger partial charge on any atom is 0.0812 e.